The van der Waals surface area contributed by atoms with Crippen molar-refractivity contribution in [2.24, 2.45) is 29.3 Å². The zero-order valence-corrected chi connectivity index (χ0v) is 39.1. The quantitative estimate of drug-likeness (QED) is 0.190. The van der Waals surface area contributed by atoms with Gasteiger partial charge < -0.3 is 34.3 Å². The zero-order chi connectivity index (χ0) is 46.9. The first-order valence-electron chi connectivity index (χ1n) is 22.9. The number of phenolic OH excluding ortho intramolecular Hbond substituents is 1. The van der Waals surface area contributed by atoms with E-state index in [9.17, 15) is 29.1 Å². The molecule has 6 bridgehead atoms. The van der Waals surface area contributed by atoms with E-state index in [0.717, 1.165) is 57.4 Å². The average molecular weight is 892 g/mol. The van der Waals surface area contributed by atoms with Crippen LogP contribution in [0, 0.1) is 17.3 Å². The number of esters is 1. The van der Waals surface area contributed by atoms with Gasteiger partial charge in [-0.3, -0.25) is 34.0 Å². The van der Waals surface area contributed by atoms with E-state index in [1.54, 1.807) is 31.2 Å². The van der Waals surface area contributed by atoms with Gasteiger partial charge in [0.25, 0.3) is 5.91 Å². The zero-order valence-electron chi connectivity index (χ0n) is 39.1. The standard InChI is InChI=1S/C50H65N7O8/c1-10-42(59)56-20-17-33(27-56)47(61)55(8)44(29(2)3)46(60)52-40-23-31-21-34(24-35(58)22-31)32-15-16-41-37(25-32)38(45(54(41)7)36-13-11-18-51-43(36)30(4)64-9)26-50(5,6)28-65-49(63)39-14-12-19-57(53-39)48(40)62/h10,15-16,18,21-22,24-25,29-30,33,39-40,44,53,58H,1,11-14,17,19-20,23,26-28H2,2-9H3,(H,52,60)/t30-,33-,39-,40-,44-/m0/s1. The van der Waals surface area contributed by atoms with Gasteiger partial charge in [-0.05, 0) is 104 Å². The van der Waals surface area contributed by atoms with Gasteiger partial charge >= 0.3 is 5.97 Å². The number of aryl methyl sites for hydroxylation is 1. The molecule has 4 amide bonds. The van der Waals surface area contributed by atoms with Crippen molar-refractivity contribution in [1.82, 2.24) is 30.1 Å². The van der Waals surface area contributed by atoms with Crippen molar-refractivity contribution in [1.29, 1.82) is 0 Å². The molecule has 0 radical (unpaired) electrons. The number of allylic oxidation sites excluding steroid dienone is 1. The van der Waals surface area contributed by atoms with Crippen LogP contribution in [-0.2, 0) is 53.3 Å². The average Bonchev–Trinajstić information content (AvgIpc) is 3.88. The first-order chi connectivity index (χ1) is 30.9. The summed E-state index contributed by atoms with van der Waals surface area (Å²) in [6, 6.07) is 8.52. The summed E-state index contributed by atoms with van der Waals surface area (Å²) < 4.78 is 14.1. The lowest BCUT2D eigenvalue weighted by Crippen LogP contribution is -2.62. The van der Waals surface area contributed by atoms with Crippen LogP contribution in [0.5, 0.6) is 5.75 Å². The molecular weight excluding hydrogens is 827 g/mol. The molecule has 15 heteroatoms. The molecular formula is C50H65N7O8. The molecule has 5 heterocycles. The lowest BCUT2D eigenvalue weighted by Gasteiger charge is -2.37. The fourth-order valence-electron chi connectivity index (χ4n) is 10.0. The van der Waals surface area contributed by atoms with Gasteiger partial charge in [0, 0.05) is 81.1 Å². The van der Waals surface area contributed by atoms with Gasteiger partial charge in [0.15, 0.2) is 0 Å². The normalized spacial score (nSPS) is 22.4. The number of ether oxygens (including phenoxy) is 2. The van der Waals surface area contributed by atoms with Crippen LogP contribution in [0.15, 0.2) is 59.7 Å². The summed E-state index contributed by atoms with van der Waals surface area (Å²) in [6.45, 7) is 14.4. The maximum absolute atomic E-state index is 14.7. The van der Waals surface area contributed by atoms with Gasteiger partial charge in [-0.1, -0.05) is 46.4 Å². The van der Waals surface area contributed by atoms with Crippen LogP contribution in [0.3, 0.4) is 0 Å². The topological polar surface area (TPSA) is 175 Å². The Morgan fingerprint density at radius 2 is 1.86 bits per heavy atom. The number of hydrogen-bond donors (Lipinski definition) is 3. The molecule has 5 atom stereocenters. The summed E-state index contributed by atoms with van der Waals surface area (Å²) in [5, 5.41) is 16.7. The van der Waals surface area contributed by atoms with Gasteiger partial charge in [-0.2, -0.15) is 0 Å². The minimum Gasteiger partial charge on any atom is -0.508 e. The van der Waals surface area contributed by atoms with Crippen LogP contribution < -0.4 is 10.7 Å². The molecule has 2 saturated heterocycles. The van der Waals surface area contributed by atoms with Gasteiger partial charge in [0.1, 0.15) is 23.9 Å². The third-order valence-electron chi connectivity index (χ3n) is 13.4. The summed E-state index contributed by atoms with van der Waals surface area (Å²) >= 11 is 0. The van der Waals surface area contributed by atoms with E-state index in [-0.39, 0.29) is 55.7 Å². The number of hydrazine groups is 1. The molecule has 2 aromatic carbocycles. The maximum atomic E-state index is 14.7. The van der Waals surface area contributed by atoms with Crippen molar-refractivity contribution in [3.05, 3.63) is 71.6 Å². The highest BCUT2D eigenvalue weighted by molar-refractivity contribution is 5.96. The Bertz CT molecular complexity index is 2430. The number of benzene rings is 2. The molecule has 15 nitrogen and oxygen atoms in total. The molecule has 348 valence electrons. The second kappa shape index (κ2) is 19.4. The van der Waals surface area contributed by atoms with Gasteiger partial charge in [0.2, 0.25) is 17.7 Å². The summed E-state index contributed by atoms with van der Waals surface area (Å²) in [4.78, 5) is 77.1. The SMILES string of the molecule is C=CC(=O)N1CC[C@H](C(=O)N(C)[C@H](C(=O)N[C@H]2Cc3cc(O)cc(c3)-c3ccc4c(c3)c(c(C3=C([C@H](C)OC)N=CCC3)n4C)CC(C)(C)COC(=O)[C@@H]3CCCN(N3)C2=O)C(C)C)C1. The van der Waals surface area contributed by atoms with Crippen LogP contribution >= 0.6 is 0 Å². The maximum Gasteiger partial charge on any atom is 0.324 e. The fourth-order valence-corrected chi connectivity index (χ4v) is 10.0. The second-order valence-corrected chi connectivity index (χ2v) is 19.2. The van der Waals surface area contributed by atoms with Crippen LogP contribution in [0.25, 0.3) is 27.6 Å². The highest BCUT2D eigenvalue weighted by Gasteiger charge is 2.40. The Kier molecular flexibility index (Phi) is 14.0. The lowest BCUT2D eigenvalue weighted by molar-refractivity contribution is -0.155. The third kappa shape index (κ3) is 9.91. The number of likely N-dealkylation sites (tertiary alicyclic amines) is 1. The van der Waals surface area contributed by atoms with Crippen molar-refractivity contribution >= 4 is 52.3 Å². The number of aromatic hydroxyl groups is 1. The number of carbonyl (C=O) groups excluding carboxylic acids is 5. The molecule has 3 N–H and O–H groups in total. The molecule has 0 aliphatic carbocycles. The van der Waals surface area contributed by atoms with Crippen LogP contribution in [-0.4, -0.2) is 125 Å². The summed E-state index contributed by atoms with van der Waals surface area (Å²) in [7, 11) is 5.33. The van der Waals surface area contributed by atoms with Crippen molar-refractivity contribution < 1.29 is 38.6 Å². The predicted octanol–water partition coefficient (Wildman–Crippen LogP) is 5.33. The van der Waals surface area contributed by atoms with Crippen LogP contribution in [0.4, 0.5) is 0 Å². The van der Waals surface area contributed by atoms with Gasteiger partial charge in [-0.15, -0.1) is 0 Å². The number of rotatable bonds is 9. The molecule has 1 aromatic heterocycles. The third-order valence-corrected chi connectivity index (χ3v) is 13.4. The Balaban J connectivity index is 1.29. The van der Waals surface area contributed by atoms with Crippen molar-refractivity contribution in [2.45, 2.75) is 104 Å². The number of aromatic nitrogens is 1. The van der Waals surface area contributed by atoms with E-state index in [4.69, 9.17) is 14.5 Å². The Morgan fingerprint density at radius 1 is 1.09 bits per heavy atom. The van der Waals surface area contributed by atoms with Gasteiger partial charge in [-0.25, -0.2) is 5.43 Å². The van der Waals surface area contributed by atoms with E-state index in [2.05, 4.69) is 54.9 Å². The summed E-state index contributed by atoms with van der Waals surface area (Å²) in [6.07, 6.45) is 6.49. The first kappa shape index (κ1) is 47.2. The molecule has 7 rings (SSSR count). The summed E-state index contributed by atoms with van der Waals surface area (Å²) in [5.74, 6) is -2.83. The first-order valence-corrected chi connectivity index (χ1v) is 22.9. The molecule has 0 unspecified atom stereocenters. The highest BCUT2D eigenvalue weighted by Crippen LogP contribution is 2.41. The van der Waals surface area contributed by atoms with E-state index in [1.165, 1.54) is 16.0 Å². The smallest absolute Gasteiger partial charge is 0.324 e. The van der Waals surface area contributed by atoms with E-state index < -0.39 is 47.2 Å². The second-order valence-electron chi connectivity index (χ2n) is 19.2. The number of nitrogens with zero attached hydrogens (tertiary/aromatic N) is 5. The highest BCUT2D eigenvalue weighted by atomic mass is 16.5. The minimum absolute atomic E-state index is 0.00467. The number of methoxy groups -OCH3 is 1. The molecule has 2 fully saturated rings. The largest absolute Gasteiger partial charge is 0.508 e. The summed E-state index contributed by atoms with van der Waals surface area (Å²) in [5.41, 5.74) is 9.90. The van der Waals surface area contributed by atoms with E-state index >= 15 is 0 Å². The number of fused-ring (bicyclic) bond motifs is 6. The van der Waals surface area contributed by atoms with Crippen molar-refractivity contribution in [2.75, 3.05) is 40.4 Å². The number of phenols is 1. The van der Waals surface area contributed by atoms with E-state index in [1.807, 2.05) is 39.1 Å². The number of likely N-dealkylation sites (N-methyl/N-ethyl adjacent to an activating group) is 1. The molecule has 3 aromatic rings. The number of hydrogen-bond acceptors (Lipinski definition) is 10. The number of cyclic esters (lactones) is 1. The molecule has 4 aliphatic heterocycles. The predicted molar refractivity (Wildman–Crippen MR) is 249 cm³/mol. The van der Waals surface area contributed by atoms with Crippen molar-refractivity contribution in [3.8, 4) is 16.9 Å². The number of carbonyl (C=O) groups is 5. The lowest BCUT2D eigenvalue weighted by atomic mass is 9.83. The number of amides is 4. The number of aliphatic imine (C=N–C) groups is 1. The van der Waals surface area contributed by atoms with Crippen LogP contribution in [0.1, 0.15) is 83.5 Å². The Morgan fingerprint density at radius 3 is 2.58 bits per heavy atom. The minimum atomic E-state index is -1.16. The number of nitrogens with one attached hydrogen (secondary N) is 2. The van der Waals surface area contributed by atoms with Gasteiger partial charge in [0.05, 0.1) is 24.3 Å². The fraction of sp³-hybridized carbons (Fsp3) is 0.520. The van der Waals surface area contributed by atoms with Crippen molar-refractivity contribution in [3.63, 3.8) is 0 Å². The molecule has 0 saturated carbocycles. The monoisotopic (exact) mass is 891 g/mol. The van der Waals surface area contributed by atoms with Crippen LogP contribution in [0.2, 0.25) is 0 Å². The molecule has 0 spiro atoms. The van der Waals surface area contributed by atoms with E-state index in [0.29, 0.717) is 37.8 Å². The Hall–Kier alpha value is -5.80. The Labute approximate surface area is 381 Å². The molecule has 65 heavy (non-hydrogen) atoms. The molecule has 4 aliphatic rings.